The van der Waals surface area contributed by atoms with Gasteiger partial charge in [0.15, 0.2) is 0 Å². The van der Waals surface area contributed by atoms with Crippen LogP contribution in [0.15, 0.2) is 29.2 Å². The first-order valence-corrected chi connectivity index (χ1v) is 10.9. The predicted octanol–water partition coefficient (Wildman–Crippen LogP) is 1.64. The minimum atomic E-state index is -3.77. The molecular formula is C19H25N3O4S. The van der Waals surface area contributed by atoms with E-state index in [9.17, 15) is 13.2 Å². The van der Waals surface area contributed by atoms with E-state index in [2.05, 4.69) is 5.32 Å². The van der Waals surface area contributed by atoms with Crippen LogP contribution in [0.4, 0.5) is 0 Å². The van der Waals surface area contributed by atoms with Gasteiger partial charge in [0.05, 0.1) is 29.1 Å². The zero-order chi connectivity index (χ0) is 19.3. The molecule has 27 heavy (non-hydrogen) atoms. The maximum Gasteiger partial charge on any atom is 0.243 e. The van der Waals surface area contributed by atoms with Crippen LogP contribution in [-0.2, 0) is 19.6 Å². The first kappa shape index (κ1) is 19.8. The number of fused-ring (bicyclic) bond motifs is 1. The topological polar surface area (TPSA) is 99.5 Å². The third-order valence-electron chi connectivity index (χ3n) is 5.24. The molecule has 1 aromatic carbocycles. The van der Waals surface area contributed by atoms with Crippen molar-refractivity contribution in [2.45, 2.75) is 43.0 Å². The van der Waals surface area contributed by atoms with E-state index in [0.717, 1.165) is 12.8 Å². The highest BCUT2D eigenvalue weighted by molar-refractivity contribution is 7.89. The first-order chi connectivity index (χ1) is 13.0. The van der Waals surface area contributed by atoms with Gasteiger partial charge in [0.2, 0.25) is 15.9 Å². The summed E-state index contributed by atoms with van der Waals surface area (Å²) >= 11 is 0. The van der Waals surface area contributed by atoms with Crippen molar-refractivity contribution >= 4 is 15.9 Å². The van der Waals surface area contributed by atoms with Gasteiger partial charge in [-0.15, -0.1) is 0 Å². The number of rotatable bonds is 2. The van der Waals surface area contributed by atoms with Crippen LogP contribution in [-0.4, -0.2) is 51.0 Å². The molecule has 7 nitrogen and oxygen atoms in total. The number of nitrogens with one attached hydrogen (secondary N) is 1. The minimum Gasteiger partial charge on any atom is -0.380 e. The van der Waals surface area contributed by atoms with E-state index in [1.807, 2.05) is 6.07 Å². The smallest absolute Gasteiger partial charge is 0.243 e. The zero-order valence-corrected chi connectivity index (χ0v) is 16.1. The number of sulfonamides is 1. The van der Waals surface area contributed by atoms with E-state index < -0.39 is 10.0 Å². The van der Waals surface area contributed by atoms with E-state index >= 15 is 0 Å². The van der Waals surface area contributed by atoms with Gasteiger partial charge in [0.25, 0.3) is 0 Å². The van der Waals surface area contributed by atoms with E-state index in [1.54, 1.807) is 0 Å². The van der Waals surface area contributed by atoms with Crippen LogP contribution in [0, 0.1) is 17.2 Å². The van der Waals surface area contributed by atoms with Gasteiger partial charge in [-0.1, -0.05) is 12.8 Å². The Morgan fingerprint density at radius 2 is 1.85 bits per heavy atom. The second-order valence-electron chi connectivity index (χ2n) is 6.97. The second-order valence-corrected chi connectivity index (χ2v) is 8.86. The lowest BCUT2D eigenvalue weighted by molar-refractivity contribution is -0.127. The number of nitrogens with zero attached hydrogens (tertiary/aromatic N) is 2. The maximum absolute atomic E-state index is 13.4. The molecule has 2 fully saturated rings. The van der Waals surface area contributed by atoms with Gasteiger partial charge in [-0.3, -0.25) is 4.79 Å². The van der Waals surface area contributed by atoms with Crippen LogP contribution in [0.25, 0.3) is 0 Å². The summed E-state index contributed by atoms with van der Waals surface area (Å²) in [5.41, 5.74) is 0.412. The summed E-state index contributed by atoms with van der Waals surface area (Å²) in [6.07, 6.45) is 3.78. The number of carbonyl (C=O) groups excluding carboxylic acids is 1. The van der Waals surface area contributed by atoms with Crippen molar-refractivity contribution in [3.63, 3.8) is 0 Å². The third-order valence-corrected chi connectivity index (χ3v) is 7.18. The van der Waals surface area contributed by atoms with Crippen molar-refractivity contribution in [2.75, 3.05) is 26.3 Å². The Morgan fingerprint density at radius 1 is 1.11 bits per heavy atom. The summed E-state index contributed by atoms with van der Waals surface area (Å²) in [5, 5.41) is 11.8. The molecule has 0 bridgehead atoms. The fourth-order valence-corrected chi connectivity index (χ4v) is 5.59. The number of carbonyl (C=O) groups is 1. The fourth-order valence-electron chi connectivity index (χ4n) is 3.86. The summed E-state index contributed by atoms with van der Waals surface area (Å²) in [5.74, 6) is -0.435. The highest BCUT2D eigenvalue weighted by atomic mass is 32.2. The van der Waals surface area contributed by atoms with Crippen molar-refractivity contribution in [3.8, 4) is 6.07 Å². The lowest BCUT2D eigenvalue weighted by Gasteiger charge is -2.38. The number of nitriles is 1. The number of ether oxygens (including phenoxy) is 1. The summed E-state index contributed by atoms with van der Waals surface area (Å²) in [6, 6.07) is 7.60. The molecule has 0 spiro atoms. The average molecular weight is 391 g/mol. The highest BCUT2D eigenvalue weighted by Gasteiger charge is 2.40. The van der Waals surface area contributed by atoms with Gasteiger partial charge < -0.3 is 10.1 Å². The minimum absolute atomic E-state index is 0.0924. The standard InChI is InChI=1S/C19H25N3O4S/c20-14-15-6-8-16(9-7-15)27(24,25)22-11-3-12-26-13-10-21-19(23)17-4-1-2-5-18(17)22/h6-9,17-18H,1-5,10-13H2,(H,21,23)/t17-,18+/m1/s1. The van der Waals surface area contributed by atoms with Crippen LogP contribution in [0.1, 0.15) is 37.7 Å². The molecule has 2 aliphatic rings. The Kier molecular flexibility index (Phi) is 6.47. The Morgan fingerprint density at radius 3 is 2.59 bits per heavy atom. The molecule has 8 heteroatoms. The van der Waals surface area contributed by atoms with Gasteiger partial charge in [-0.2, -0.15) is 9.57 Å². The SMILES string of the molecule is N#Cc1ccc(S(=O)(=O)N2CCCOCCNC(=O)[C@@H]3CCCC[C@@H]32)cc1. The third kappa shape index (κ3) is 4.49. The van der Waals surface area contributed by atoms with Crippen molar-refractivity contribution in [2.24, 2.45) is 5.92 Å². The molecule has 146 valence electrons. The number of hydrogen-bond acceptors (Lipinski definition) is 5. The van der Waals surface area contributed by atoms with Gasteiger partial charge in [0.1, 0.15) is 0 Å². The first-order valence-electron chi connectivity index (χ1n) is 9.41. The van der Waals surface area contributed by atoms with Gasteiger partial charge in [-0.25, -0.2) is 8.42 Å². The van der Waals surface area contributed by atoms with Gasteiger partial charge in [-0.05, 0) is 43.5 Å². The number of hydrogen-bond donors (Lipinski definition) is 1. The normalized spacial score (nSPS) is 25.5. The largest absolute Gasteiger partial charge is 0.380 e. The maximum atomic E-state index is 13.4. The molecule has 0 radical (unpaired) electrons. The lowest BCUT2D eigenvalue weighted by Crippen LogP contribution is -2.51. The van der Waals surface area contributed by atoms with Crippen molar-refractivity contribution < 1.29 is 17.9 Å². The van der Waals surface area contributed by atoms with Gasteiger partial charge in [0, 0.05) is 25.7 Å². The lowest BCUT2D eigenvalue weighted by atomic mass is 9.83. The van der Waals surface area contributed by atoms with Crippen LogP contribution < -0.4 is 5.32 Å². The van der Waals surface area contributed by atoms with Crippen LogP contribution >= 0.6 is 0 Å². The van der Waals surface area contributed by atoms with E-state index in [0.29, 0.717) is 51.1 Å². The average Bonchev–Trinajstić information content (AvgIpc) is 2.73. The highest BCUT2D eigenvalue weighted by Crippen LogP contribution is 2.32. The molecular weight excluding hydrogens is 366 g/mol. The quantitative estimate of drug-likeness (QED) is 0.826. The molecule has 1 aromatic rings. The number of benzene rings is 1. The molecule has 1 heterocycles. The molecule has 1 aliphatic heterocycles. The summed E-state index contributed by atoms with van der Waals surface area (Å²) < 4.78 is 33.7. The molecule has 1 amide bonds. The van der Waals surface area contributed by atoms with E-state index in [1.165, 1.54) is 28.6 Å². The summed E-state index contributed by atoms with van der Waals surface area (Å²) in [4.78, 5) is 12.8. The summed E-state index contributed by atoms with van der Waals surface area (Å²) in [7, 11) is -3.77. The molecule has 1 saturated carbocycles. The Labute approximate surface area is 160 Å². The Balaban J connectivity index is 1.96. The summed E-state index contributed by atoms with van der Waals surface area (Å²) in [6.45, 7) is 1.65. The molecule has 0 unspecified atom stereocenters. The van der Waals surface area contributed by atoms with E-state index in [-0.39, 0.29) is 22.8 Å². The molecule has 0 aromatic heterocycles. The second kappa shape index (κ2) is 8.83. The molecule has 1 N–H and O–H groups in total. The Hall–Kier alpha value is -1.95. The Bertz CT molecular complexity index is 801. The molecule has 3 rings (SSSR count). The number of amides is 1. The van der Waals surface area contributed by atoms with Crippen LogP contribution in [0.3, 0.4) is 0 Å². The molecule has 2 atom stereocenters. The zero-order valence-electron chi connectivity index (χ0n) is 15.3. The van der Waals surface area contributed by atoms with Crippen molar-refractivity contribution in [3.05, 3.63) is 29.8 Å². The fraction of sp³-hybridized carbons (Fsp3) is 0.579. The predicted molar refractivity (Wildman–Crippen MR) is 99.2 cm³/mol. The van der Waals surface area contributed by atoms with Crippen LogP contribution in [0.2, 0.25) is 0 Å². The van der Waals surface area contributed by atoms with Gasteiger partial charge >= 0.3 is 0 Å². The molecule has 1 saturated heterocycles. The van der Waals surface area contributed by atoms with Crippen LogP contribution in [0.5, 0.6) is 0 Å². The monoisotopic (exact) mass is 391 g/mol. The van der Waals surface area contributed by atoms with E-state index in [4.69, 9.17) is 10.00 Å². The van der Waals surface area contributed by atoms with Crippen molar-refractivity contribution in [1.82, 2.24) is 9.62 Å². The van der Waals surface area contributed by atoms with Crippen molar-refractivity contribution in [1.29, 1.82) is 5.26 Å². The molecule has 1 aliphatic carbocycles.